The predicted molar refractivity (Wildman–Crippen MR) is 73.4 cm³/mol. The third-order valence-corrected chi connectivity index (χ3v) is 3.17. The zero-order chi connectivity index (χ0) is 15.8. The number of hydrogen-bond donors (Lipinski definition) is 1. The Bertz CT molecular complexity index is 457. The van der Waals surface area contributed by atoms with Crippen molar-refractivity contribution < 1.29 is 23.1 Å². The molecule has 0 aromatic heterocycles. The number of hydrogen-bond acceptors (Lipinski definition) is 2. The molecule has 0 saturated heterocycles. The van der Waals surface area contributed by atoms with E-state index in [0.717, 1.165) is 25.7 Å². The molecule has 1 amide bonds. The summed E-state index contributed by atoms with van der Waals surface area (Å²) in [6, 6.07) is 1.36. The Hall–Kier alpha value is -1.56. The van der Waals surface area contributed by atoms with Gasteiger partial charge in [-0.05, 0) is 18.6 Å². The average Bonchev–Trinajstić information content (AvgIpc) is 2.46. The molecule has 1 rings (SSSR count). The second kappa shape index (κ2) is 8.67. The maximum atomic E-state index is 13.2. The van der Waals surface area contributed by atoms with E-state index in [2.05, 4.69) is 6.92 Å². The van der Waals surface area contributed by atoms with Gasteiger partial charge in [0.2, 0.25) is 0 Å². The fourth-order valence-corrected chi connectivity index (χ4v) is 2.03. The van der Waals surface area contributed by atoms with Crippen molar-refractivity contribution in [3.05, 3.63) is 35.1 Å². The number of aliphatic hydroxyl groups excluding tert-OH is 1. The van der Waals surface area contributed by atoms with Crippen molar-refractivity contribution in [2.75, 3.05) is 19.7 Å². The Labute approximate surface area is 122 Å². The number of carbonyl (C=O) groups excluding carboxylic acids is 1. The summed E-state index contributed by atoms with van der Waals surface area (Å²) >= 11 is 0. The number of benzene rings is 1. The van der Waals surface area contributed by atoms with Crippen molar-refractivity contribution in [2.45, 2.75) is 32.6 Å². The van der Waals surface area contributed by atoms with Crippen molar-refractivity contribution >= 4 is 5.91 Å². The molecule has 21 heavy (non-hydrogen) atoms. The Kier molecular flexibility index (Phi) is 7.22. The van der Waals surface area contributed by atoms with Crippen LogP contribution in [0.5, 0.6) is 0 Å². The van der Waals surface area contributed by atoms with Crippen LogP contribution < -0.4 is 0 Å². The van der Waals surface area contributed by atoms with Gasteiger partial charge in [-0.1, -0.05) is 26.2 Å². The van der Waals surface area contributed by atoms with Gasteiger partial charge in [0.25, 0.3) is 5.91 Å². The Morgan fingerprint density at radius 3 is 2.24 bits per heavy atom. The zero-order valence-electron chi connectivity index (χ0n) is 12.0. The molecule has 1 aromatic rings. The molecule has 0 saturated carbocycles. The van der Waals surface area contributed by atoms with Crippen molar-refractivity contribution in [3.8, 4) is 0 Å². The van der Waals surface area contributed by atoms with Crippen LogP contribution in [0.25, 0.3) is 0 Å². The topological polar surface area (TPSA) is 40.5 Å². The van der Waals surface area contributed by atoms with E-state index in [1.165, 1.54) is 4.90 Å². The summed E-state index contributed by atoms with van der Waals surface area (Å²) in [7, 11) is 0. The monoisotopic (exact) mass is 303 g/mol. The van der Waals surface area contributed by atoms with E-state index in [1.807, 2.05) is 0 Å². The smallest absolute Gasteiger partial charge is 0.254 e. The minimum Gasteiger partial charge on any atom is -0.395 e. The summed E-state index contributed by atoms with van der Waals surface area (Å²) in [6.45, 7) is 2.28. The molecule has 0 spiro atoms. The quantitative estimate of drug-likeness (QED) is 0.592. The number of unbranched alkanes of at least 4 members (excludes halogenated alkanes) is 3. The van der Waals surface area contributed by atoms with Crippen LogP contribution in [0.1, 0.15) is 43.0 Å². The van der Waals surface area contributed by atoms with Crippen molar-refractivity contribution in [1.82, 2.24) is 4.90 Å². The SMILES string of the molecule is CCCCCCN(CCO)C(=O)c1cc(F)c(F)c(F)c1. The average molecular weight is 303 g/mol. The number of amides is 1. The van der Waals surface area contributed by atoms with Crippen molar-refractivity contribution in [1.29, 1.82) is 0 Å². The largest absolute Gasteiger partial charge is 0.395 e. The van der Waals surface area contributed by atoms with Gasteiger partial charge in [-0.25, -0.2) is 13.2 Å². The third kappa shape index (κ3) is 5.04. The highest BCUT2D eigenvalue weighted by Gasteiger charge is 2.19. The molecule has 0 fully saturated rings. The normalized spacial score (nSPS) is 10.7. The fraction of sp³-hybridized carbons (Fsp3) is 0.533. The number of nitrogens with zero attached hydrogens (tertiary/aromatic N) is 1. The standard InChI is InChI=1S/C15H20F3NO2/c1-2-3-4-5-6-19(7-8-20)15(21)11-9-12(16)14(18)13(17)10-11/h9-10,20H,2-8H2,1H3. The number of halogens is 3. The minimum absolute atomic E-state index is 0.0750. The molecular formula is C15H20F3NO2. The van der Waals surface area contributed by atoms with Gasteiger partial charge < -0.3 is 10.0 Å². The Morgan fingerprint density at radius 2 is 1.71 bits per heavy atom. The van der Waals surface area contributed by atoms with E-state index in [-0.39, 0.29) is 18.7 Å². The van der Waals surface area contributed by atoms with E-state index in [4.69, 9.17) is 5.11 Å². The van der Waals surface area contributed by atoms with Gasteiger partial charge in [0, 0.05) is 18.7 Å². The summed E-state index contributed by atoms with van der Waals surface area (Å²) in [5.41, 5.74) is -0.254. The predicted octanol–water partition coefficient (Wildman–Crippen LogP) is 3.12. The molecule has 3 nitrogen and oxygen atoms in total. The maximum absolute atomic E-state index is 13.2. The first-order chi connectivity index (χ1) is 10.0. The molecule has 1 aromatic carbocycles. The van der Waals surface area contributed by atoms with Crippen LogP contribution in [0.3, 0.4) is 0 Å². The summed E-state index contributed by atoms with van der Waals surface area (Å²) < 4.78 is 39.2. The van der Waals surface area contributed by atoms with Crippen LogP contribution in [0.2, 0.25) is 0 Å². The van der Waals surface area contributed by atoms with Gasteiger partial charge in [0.15, 0.2) is 17.5 Å². The number of rotatable bonds is 8. The molecule has 0 aliphatic rings. The second-order valence-corrected chi connectivity index (χ2v) is 4.83. The Morgan fingerprint density at radius 1 is 1.10 bits per heavy atom. The lowest BCUT2D eigenvalue weighted by molar-refractivity contribution is 0.0717. The summed E-state index contributed by atoms with van der Waals surface area (Å²) in [6.07, 6.45) is 3.74. The van der Waals surface area contributed by atoms with Gasteiger partial charge in [-0.15, -0.1) is 0 Å². The van der Waals surface area contributed by atoms with Crippen molar-refractivity contribution in [3.63, 3.8) is 0 Å². The lowest BCUT2D eigenvalue weighted by Gasteiger charge is -2.22. The molecule has 0 aliphatic heterocycles. The van der Waals surface area contributed by atoms with Gasteiger partial charge >= 0.3 is 0 Å². The highest BCUT2D eigenvalue weighted by molar-refractivity contribution is 5.94. The maximum Gasteiger partial charge on any atom is 0.254 e. The Balaban J connectivity index is 2.80. The fourth-order valence-electron chi connectivity index (χ4n) is 2.03. The lowest BCUT2D eigenvalue weighted by Crippen LogP contribution is -2.34. The minimum atomic E-state index is -1.59. The first-order valence-electron chi connectivity index (χ1n) is 7.06. The van der Waals surface area contributed by atoms with Crippen LogP contribution in [0.15, 0.2) is 12.1 Å². The van der Waals surface area contributed by atoms with E-state index >= 15 is 0 Å². The number of carbonyl (C=O) groups is 1. The van der Waals surface area contributed by atoms with Crippen molar-refractivity contribution in [2.24, 2.45) is 0 Å². The van der Waals surface area contributed by atoms with Gasteiger partial charge in [0.1, 0.15) is 0 Å². The van der Waals surface area contributed by atoms with Crippen LogP contribution in [-0.4, -0.2) is 35.6 Å². The molecule has 1 N–H and O–H groups in total. The highest BCUT2D eigenvalue weighted by atomic mass is 19.2. The summed E-state index contributed by atoms with van der Waals surface area (Å²) in [5.74, 6) is -5.00. The lowest BCUT2D eigenvalue weighted by atomic mass is 10.1. The van der Waals surface area contributed by atoms with E-state index in [0.29, 0.717) is 18.7 Å². The summed E-state index contributed by atoms with van der Waals surface area (Å²) in [4.78, 5) is 13.5. The van der Waals surface area contributed by atoms with Crippen LogP contribution in [0.4, 0.5) is 13.2 Å². The molecule has 0 aliphatic carbocycles. The van der Waals surface area contributed by atoms with Gasteiger partial charge in [-0.2, -0.15) is 0 Å². The van der Waals surface area contributed by atoms with Crippen LogP contribution in [-0.2, 0) is 0 Å². The van der Waals surface area contributed by atoms with Gasteiger partial charge in [-0.3, -0.25) is 4.79 Å². The molecule has 0 atom stereocenters. The van der Waals surface area contributed by atoms with E-state index in [9.17, 15) is 18.0 Å². The van der Waals surface area contributed by atoms with Crippen LogP contribution in [0, 0.1) is 17.5 Å². The van der Waals surface area contributed by atoms with E-state index in [1.54, 1.807) is 0 Å². The summed E-state index contributed by atoms with van der Waals surface area (Å²) in [5, 5.41) is 8.99. The highest BCUT2D eigenvalue weighted by Crippen LogP contribution is 2.15. The third-order valence-electron chi connectivity index (χ3n) is 3.17. The molecule has 0 unspecified atom stereocenters. The second-order valence-electron chi connectivity index (χ2n) is 4.83. The molecule has 6 heteroatoms. The molecule has 0 heterocycles. The molecule has 118 valence electrons. The molecule has 0 radical (unpaired) electrons. The molecule has 0 bridgehead atoms. The first-order valence-corrected chi connectivity index (χ1v) is 7.06. The van der Waals surface area contributed by atoms with E-state index < -0.39 is 23.4 Å². The zero-order valence-corrected chi connectivity index (χ0v) is 12.0. The van der Waals surface area contributed by atoms with Crippen LogP contribution >= 0.6 is 0 Å². The van der Waals surface area contributed by atoms with Gasteiger partial charge in [0.05, 0.1) is 6.61 Å². The first kappa shape index (κ1) is 17.5. The molecular weight excluding hydrogens is 283 g/mol. The number of aliphatic hydroxyl groups is 1.